The van der Waals surface area contributed by atoms with Gasteiger partial charge in [0.25, 0.3) is 0 Å². The molecule has 4 aromatic rings. The van der Waals surface area contributed by atoms with Gasteiger partial charge in [-0.15, -0.1) is 11.3 Å². The number of nitrogens with one attached hydrogen (secondary N) is 1. The van der Waals surface area contributed by atoms with Gasteiger partial charge in [-0.05, 0) is 30.3 Å². The van der Waals surface area contributed by atoms with Crippen LogP contribution < -0.4 is 9.47 Å². The first-order valence-electron chi connectivity index (χ1n) is 10.3. The van der Waals surface area contributed by atoms with E-state index in [-0.39, 0.29) is 0 Å². The lowest BCUT2D eigenvalue weighted by molar-refractivity contribution is -0.144. The maximum Gasteiger partial charge on any atom is 0.325 e. The van der Waals surface area contributed by atoms with Gasteiger partial charge in [-0.3, -0.25) is 9.69 Å². The van der Waals surface area contributed by atoms with Crippen LogP contribution in [0.5, 0.6) is 11.5 Å². The van der Waals surface area contributed by atoms with Crippen molar-refractivity contribution in [3.8, 4) is 22.1 Å². The number of hydrogen-bond acceptors (Lipinski definition) is 6. The number of para-hydroxylation sites is 1. The predicted molar refractivity (Wildman–Crippen MR) is 123 cm³/mol. The van der Waals surface area contributed by atoms with E-state index < -0.39 is 12.0 Å². The van der Waals surface area contributed by atoms with Crippen LogP contribution in [0.1, 0.15) is 22.2 Å². The molecule has 1 aliphatic heterocycles. The lowest BCUT2D eigenvalue weighted by atomic mass is 10.0. The SMILES string of the molecule is COc1ccc(-c2nc3c(s2)CN([C@H](C(=O)O)c2c[nH]c4c(OC)cccc24)CC3)cc1. The molecule has 0 saturated heterocycles. The fourth-order valence-electron chi connectivity index (χ4n) is 4.32. The maximum absolute atomic E-state index is 12.4. The highest BCUT2D eigenvalue weighted by Crippen LogP contribution is 2.38. The second-order valence-corrected chi connectivity index (χ2v) is 8.79. The highest BCUT2D eigenvalue weighted by Gasteiger charge is 2.33. The Morgan fingerprint density at radius 2 is 2.00 bits per heavy atom. The molecule has 7 nitrogen and oxygen atoms in total. The Kier molecular flexibility index (Phi) is 5.32. The number of benzene rings is 2. The first-order chi connectivity index (χ1) is 15.6. The van der Waals surface area contributed by atoms with E-state index in [1.54, 1.807) is 31.8 Å². The normalized spacial score (nSPS) is 14.8. The molecule has 1 aliphatic rings. The summed E-state index contributed by atoms with van der Waals surface area (Å²) in [5.41, 5.74) is 3.65. The number of ether oxygens (including phenoxy) is 2. The van der Waals surface area contributed by atoms with Crippen molar-refractivity contribution in [2.75, 3.05) is 20.8 Å². The lowest BCUT2D eigenvalue weighted by Crippen LogP contribution is -2.37. The fraction of sp³-hybridized carbons (Fsp3) is 0.250. The van der Waals surface area contributed by atoms with E-state index in [1.165, 1.54) is 0 Å². The number of rotatable bonds is 6. The van der Waals surface area contributed by atoms with Crippen LogP contribution in [-0.4, -0.2) is 46.7 Å². The molecule has 164 valence electrons. The summed E-state index contributed by atoms with van der Waals surface area (Å²) in [5, 5.41) is 12.0. The number of hydrogen-bond donors (Lipinski definition) is 2. The quantitative estimate of drug-likeness (QED) is 0.451. The number of fused-ring (bicyclic) bond motifs is 2. The number of carbonyl (C=O) groups is 1. The Balaban J connectivity index is 1.46. The van der Waals surface area contributed by atoms with Crippen molar-refractivity contribution in [1.82, 2.24) is 14.9 Å². The minimum absolute atomic E-state index is 0.552. The largest absolute Gasteiger partial charge is 0.497 e. The van der Waals surface area contributed by atoms with Crippen molar-refractivity contribution in [2.24, 2.45) is 0 Å². The van der Waals surface area contributed by atoms with Gasteiger partial charge in [-0.2, -0.15) is 0 Å². The molecule has 0 fully saturated rings. The number of thiazole rings is 1. The highest BCUT2D eigenvalue weighted by atomic mass is 32.1. The summed E-state index contributed by atoms with van der Waals surface area (Å²) in [4.78, 5) is 23.5. The third kappa shape index (κ3) is 3.51. The Morgan fingerprint density at radius 1 is 1.19 bits per heavy atom. The molecular formula is C24H23N3O4S. The number of carboxylic acid groups (broad SMARTS) is 1. The molecule has 0 unspecified atom stereocenters. The number of methoxy groups -OCH3 is 2. The molecule has 8 heteroatoms. The van der Waals surface area contributed by atoms with Gasteiger partial charge in [-0.1, -0.05) is 12.1 Å². The standard InChI is InChI=1S/C24H23N3O4S/c1-30-15-8-6-14(7-9-15)23-26-18-10-11-27(13-20(18)32-23)22(24(28)29)17-12-25-21-16(17)4-3-5-19(21)31-2/h3-9,12,22,25H,10-11,13H2,1-2H3,(H,28,29)/t22-/m0/s1. The molecule has 5 rings (SSSR count). The average Bonchev–Trinajstić information content (AvgIpc) is 3.43. The molecule has 3 heterocycles. The minimum Gasteiger partial charge on any atom is -0.497 e. The molecule has 32 heavy (non-hydrogen) atoms. The number of H-pyrrole nitrogens is 1. The summed E-state index contributed by atoms with van der Waals surface area (Å²) in [6, 6.07) is 12.8. The Labute approximate surface area is 189 Å². The lowest BCUT2D eigenvalue weighted by Gasteiger charge is -2.31. The molecule has 0 amide bonds. The minimum atomic E-state index is -0.864. The third-order valence-electron chi connectivity index (χ3n) is 5.92. The highest BCUT2D eigenvalue weighted by molar-refractivity contribution is 7.15. The predicted octanol–water partition coefficient (Wildman–Crippen LogP) is 4.49. The molecule has 0 saturated carbocycles. The fourth-order valence-corrected chi connectivity index (χ4v) is 5.46. The number of carboxylic acids is 1. The summed E-state index contributed by atoms with van der Waals surface area (Å²) in [6.07, 6.45) is 2.51. The van der Waals surface area contributed by atoms with Gasteiger partial charge >= 0.3 is 5.97 Å². The Bertz CT molecular complexity index is 1280. The van der Waals surface area contributed by atoms with Crippen molar-refractivity contribution in [1.29, 1.82) is 0 Å². The number of aliphatic carboxylic acids is 1. The number of aromatic nitrogens is 2. The van der Waals surface area contributed by atoms with Crippen LogP contribution in [0.25, 0.3) is 21.5 Å². The zero-order chi connectivity index (χ0) is 22.2. The van der Waals surface area contributed by atoms with Gasteiger partial charge in [0.15, 0.2) is 0 Å². The van der Waals surface area contributed by atoms with E-state index in [2.05, 4.69) is 4.98 Å². The van der Waals surface area contributed by atoms with Crippen LogP contribution >= 0.6 is 11.3 Å². The second kappa shape index (κ2) is 8.29. The van der Waals surface area contributed by atoms with Crippen molar-refractivity contribution in [3.05, 3.63) is 64.8 Å². The van der Waals surface area contributed by atoms with E-state index in [9.17, 15) is 9.90 Å². The van der Waals surface area contributed by atoms with Crippen molar-refractivity contribution in [2.45, 2.75) is 19.0 Å². The monoisotopic (exact) mass is 449 g/mol. The van der Waals surface area contributed by atoms with Gasteiger partial charge in [0.2, 0.25) is 0 Å². The van der Waals surface area contributed by atoms with Crippen LogP contribution in [0.4, 0.5) is 0 Å². The summed E-state index contributed by atoms with van der Waals surface area (Å²) < 4.78 is 10.7. The number of nitrogens with zero attached hydrogens (tertiary/aromatic N) is 2. The first kappa shape index (κ1) is 20.5. The van der Waals surface area contributed by atoms with E-state index in [1.807, 2.05) is 47.4 Å². The van der Waals surface area contributed by atoms with Crippen molar-refractivity contribution in [3.63, 3.8) is 0 Å². The summed E-state index contributed by atoms with van der Waals surface area (Å²) in [7, 11) is 3.26. The van der Waals surface area contributed by atoms with E-state index in [0.717, 1.165) is 49.8 Å². The summed E-state index contributed by atoms with van der Waals surface area (Å²) >= 11 is 1.63. The second-order valence-electron chi connectivity index (χ2n) is 7.71. The molecule has 2 aromatic carbocycles. The third-order valence-corrected chi connectivity index (χ3v) is 7.05. The molecule has 0 spiro atoms. The average molecular weight is 450 g/mol. The zero-order valence-corrected chi connectivity index (χ0v) is 18.6. The summed E-state index contributed by atoms with van der Waals surface area (Å²) in [6.45, 7) is 1.18. The van der Waals surface area contributed by atoms with E-state index in [0.29, 0.717) is 18.8 Å². The smallest absolute Gasteiger partial charge is 0.325 e. The maximum atomic E-state index is 12.4. The van der Waals surface area contributed by atoms with E-state index in [4.69, 9.17) is 14.5 Å². The van der Waals surface area contributed by atoms with Crippen molar-refractivity contribution < 1.29 is 19.4 Å². The summed E-state index contributed by atoms with van der Waals surface area (Å²) in [5.74, 6) is 0.642. The zero-order valence-electron chi connectivity index (χ0n) is 17.8. The Morgan fingerprint density at radius 3 is 2.72 bits per heavy atom. The molecule has 0 bridgehead atoms. The van der Waals surface area contributed by atoms with Gasteiger partial charge in [0.1, 0.15) is 22.5 Å². The van der Waals surface area contributed by atoms with Gasteiger partial charge in [0, 0.05) is 47.1 Å². The van der Waals surface area contributed by atoms with Gasteiger partial charge in [0.05, 0.1) is 25.4 Å². The first-order valence-corrected chi connectivity index (χ1v) is 11.1. The molecule has 0 aliphatic carbocycles. The topological polar surface area (TPSA) is 87.7 Å². The van der Waals surface area contributed by atoms with Crippen LogP contribution in [0.15, 0.2) is 48.7 Å². The molecule has 2 aromatic heterocycles. The van der Waals surface area contributed by atoms with Crippen LogP contribution in [0, 0.1) is 0 Å². The van der Waals surface area contributed by atoms with Crippen LogP contribution in [-0.2, 0) is 17.8 Å². The van der Waals surface area contributed by atoms with Gasteiger partial charge < -0.3 is 19.6 Å². The van der Waals surface area contributed by atoms with Crippen molar-refractivity contribution >= 4 is 28.2 Å². The molecule has 0 radical (unpaired) electrons. The molecule has 1 atom stereocenters. The van der Waals surface area contributed by atoms with E-state index >= 15 is 0 Å². The number of aromatic amines is 1. The van der Waals surface area contributed by atoms with Gasteiger partial charge in [-0.25, -0.2) is 4.98 Å². The Hall–Kier alpha value is -3.36. The van der Waals surface area contributed by atoms with Crippen LogP contribution in [0.2, 0.25) is 0 Å². The molecular weight excluding hydrogens is 426 g/mol. The van der Waals surface area contributed by atoms with Crippen LogP contribution in [0.3, 0.4) is 0 Å². The molecule has 2 N–H and O–H groups in total.